The van der Waals surface area contributed by atoms with Gasteiger partial charge in [0.25, 0.3) is 0 Å². The van der Waals surface area contributed by atoms with E-state index in [1.807, 2.05) is 6.07 Å². The number of hydrogen-bond acceptors (Lipinski definition) is 3. The standard InChI is InChI=1S/C8H10.C4H10O3/c1-2-8-6-4-3-5-7-8;5-1-3-7-4-2-6/h3-7H,2H2,1H3;5-6H,1-4H2. The van der Waals surface area contributed by atoms with Crippen molar-refractivity contribution < 1.29 is 14.9 Å². The smallest absolute Gasteiger partial charge is 0.0698 e. The monoisotopic (exact) mass is 212 g/mol. The van der Waals surface area contributed by atoms with Crippen molar-refractivity contribution in [3.8, 4) is 0 Å². The second-order valence-corrected chi connectivity index (χ2v) is 2.90. The molecule has 0 aliphatic carbocycles. The Hall–Kier alpha value is -0.900. The first-order valence-corrected chi connectivity index (χ1v) is 5.18. The molecule has 3 nitrogen and oxygen atoms in total. The van der Waals surface area contributed by atoms with Gasteiger partial charge in [0.2, 0.25) is 0 Å². The van der Waals surface area contributed by atoms with Crippen LogP contribution in [-0.4, -0.2) is 36.6 Å². The molecule has 15 heavy (non-hydrogen) atoms. The van der Waals surface area contributed by atoms with Crippen LogP contribution in [0.5, 0.6) is 0 Å². The van der Waals surface area contributed by atoms with Crippen molar-refractivity contribution in [1.29, 1.82) is 0 Å². The molecule has 1 rings (SSSR count). The Morgan fingerprint density at radius 1 is 1.00 bits per heavy atom. The van der Waals surface area contributed by atoms with Crippen LogP contribution in [-0.2, 0) is 11.2 Å². The molecule has 0 saturated carbocycles. The number of hydrogen-bond donors (Lipinski definition) is 2. The van der Waals surface area contributed by atoms with Gasteiger partial charge in [0.1, 0.15) is 0 Å². The zero-order chi connectivity index (χ0) is 11.4. The van der Waals surface area contributed by atoms with Crippen LogP contribution in [0.15, 0.2) is 30.3 Å². The molecule has 0 unspecified atom stereocenters. The summed E-state index contributed by atoms with van der Waals surface area (Å²) in [6.45, 7) is 2.86. The molecule has 3 heteroatoms. The number of benzene rings is 1. The molecular formula is C12H20O3. The Balaban J connectivity index is 0.000000265. The van der Waals surface area contributed by atoms with Crippen LogP contribution < -0.4 is 0 Å². The van der Waals surface area contributed by atoms with E-state index in [1.54, 1.807) is 0 Å². The molecule has 0 fully saturated rings. The first kappa shape index (κ1) is 14.1. The largest absolute Gasteiger partial charge is 0.394 e. The molecule has 86 valence electrons. The first-order chi connectivity index (χ1) is 7.35. The number of aliphatic hydroxyl groups is 2. The van der Waals surface area contributed by atoms with E-state index in [0.717, 1.165) is 6.42 Å². The maximum absolute atomic E-state index is 8.09. The summed E-state index contributed by atoms with van der Waals surface area (Å²) in [5.41, 5.74) is 1.41. The van der Waals surface area contributed by atoms with Gasteiger partial charge in [-0.3, -0.25) is 0 Å². The van der Waals surface area contributed by atoms with Crippen molar-refractivity contribution in [2.75, 3.05) is 26.4 Å². The molecule has 0 bridgehead atoms. The normalized spacial score (nSPS) is 9.27. The van der Waals surface area contributed by atoms with Gasteiger partial charge in [-0.15, -0.1) is 0 Å². The topological polar surface area (TPSA) is 49.7 Å². The van der Waals surface area contributed by atoms with Gasteiger partial charge in [-0.1, -0.05) is 37.3 Å². The van der Waals surface area contributed by atoms with Gasteiger partial charge >= 0.3 is 0 Å². The van der Waals surface area contributed by atoms with E-state index in [0.29, 0.717) is 13.2 Å². The molecule has 2 N–H and O–H groups in total. The summed E-state index contributed by atoms with van der Waals surface area (Å²) < 4.78 is 4.63. The molecule has 1 aromatic carbocycles. The summed E-state index contributed by atoms with van der Waals surface area (Å²) >= 11 is 0. The third kappa shape index (κ3) is 9.41. The predicted molar refractivity (Wildman–Crippen MR) is 60.8 cm³/mol. The summed E-state index contributed by atoms with van der Waals surface area (Å²) in [4.78, 5) is 0. The molecule has 0 saturated heterocycles. The third-order valence-electron chi connectivity index (χ3n) is 1.72. The highest BCUT2D eigenvalue weighted by Crippen LogP contribution is 1.96. The minimum atomic E-state index is 0.0278. The highest BCUT2D eigenvalue weighted by atomic mass is 16.5. The Bertz CT molecular complexity index is 207. The highest BCUT2D eigenvalue weighted by Gasteiger charge is 1.80. The lowest BCUT2D eigenvalue weighted by atomic mass is 10.2. The van der Waals surface area contributed by atoms with Gasteiger partial charge in [-0.05, 0) is 12.0 Å². The Morgan fingerprint density at radius 2 is 1.53 bits per heavy atom. The Labute approximate surface area is 91.3 Å². The molecular weight excluding hydrogens is 192 g/mol. The summed E-state index contributed by atoms with van der Waals surface area (Å²) in [5.74, 6) is 0. The summed E-state index contributed by atoms with van der Waals surface area (Å²) in [7, 11) is 0. The lowest BCUT2D eigenvalue weighted by Crippen LogP contribution is -2.03. The first-order valence-electron chi connectivity index (χ1n) is 5.18. The Kier molecular flexibility index (Phi) is 10.5. The van der Waals surface area contributed by atoms with Crippen molar-refractivity contribution in [3.05, 3.63) is 35.9 Å². The molecule has 0 atom stereocenters. The molecule has 0 aliphatic rings. The molecule has 0 aliphatic heterocycles. The fourth-order valence-electron chi connectivity index (χ4n) is 0.945. The molecule has 0 radical (unpaired) electrons. The van der Waals surface area contributed by atoms with Gasteiger partial charge in [0.05, 0.1) is 26.4 Å². The fourth-order valence-corrected chi connectivity index (χ4v) is 0.945. The van der Waals surface area contributed by atoms with Crippen LogP contribution in [0.25, 0.3) is 0 Å². The predicted octanol–water partition coefficient (Wildman–Crippen LogP) is 1.24. The van der Waals surface area contributed by atoms with Crippen LogP contribution in [0.4, 0.5) is 0 Å². The van der Waals surface area contributed by atoms with Crippen LogP contribution in [0.1, 0.15) is 12.5 Å². The molecule has 1 aromatic rings. The second kappa shape index (κ2) is 11.2. The molecule has 0 aromatic heterocycles. The van der Waals surface area contributed by atoms with E-state index in [2.05, 4.69) is 35.9 Å². The van der Waals surface area contributed by atoms with Gasteiger partial charge in [-0.25, -0.2) is 0 Å². The summed E-state index contributed by atoms with van der Waals surface area (Å²) in [6, 6.07) is 10.5. The zero-order valence-corrected chi connectivity index (χ0v) is 9.22. The van der Waals surface area contributed by atoms with E-state index in [9.17, 15) is 0 Å². The molecule has 0 spiro atoms. The van der Waals surface area contributed by atoms with Crippen LogP contribution in [0, 0.1) is 0 Å². The minimum absolute atomic E-state index is 0.0278. The van der Waals surface area contributed by atoms with Crippen molar-refractivity contribution in [1.82, 2.24) is 0 Å². The van der Waals surface area contributed by atoms with E-state index in [4.69, 9.17) is 10.2 Å². The summed E-state index contributed by atoms with van der Waals surface area (Å²) in [5, 5.41) is 16.2. The third-order valence-corrected chi connectivity index (χ3v) is 1.72. The molecule has 0 amide bonds. The van der Waals surface area contributed by atoms with Gasteiger partial charge < -0.3 is 14.9 Å². The van der Waals surface area contributed by atoms with Crippen molar-refractivity contribution in [3.63, 3.8) is 0 Å². The second-order valence-electron chi connectivity index (χ2n) is 2.90. The van der Waals surface area contributed by atoms with Crippen molar-refractivity contribution in [2.45, 2.75) is 13.3 Å². The number of ether oxygens (including phenoxy) is 1. The van der Waals surface area contributed by atoms with Crippen LogP contribution >= 0.6 is 0 Å². The zero-order valence-electron chi connectivity index (χ0n) is 9.22. The highest BCUT2D eigenvalue weighted by molar-refractivity contribution is 5.13. The van der Waals surface area contributed by atoms with Gasteiger partial charge in [0.15, 0.2) is 0 Å². The average molecular weight is 212 g/mol. The van der Waals surface area contributed by atoms with Crippen molar-refractivity contribution >= 4 is 0 Å². The Morgan fingerprint density at radius 3 is 1.87 bits per heavy atom. The number of aryl methyl sites for hydroxylation is 1. The molecule has 0 heterocycles. The average Bonchev–Trinajstić information content (AvgIpc) is 2.32. The lowest BCUT2D eigenvalue weighted by Gasteiger charge is -1.94. The maximum atomic E-state index is 8.09. The van der Waals surface area contributed by atoms with Crippen molar-refractivity contribution in [2.24, 2.45) is 0 Å². The number of rotatable bonds is 5. The van der Waals surface area contributed by atoms with E-state index >= 15 is 0 Å². The fraction of sp³-hybridized carbons (Fsp3) is 0.500. The SMILES string of the molecule is CCc1ccccc1.OCCOCCO. The summed E-state index contributed by atoms with van der Waals surface area (Å²) in [6.07, 6.45) is 1.14. The van der Waals surface area contributed by atoms with Crippen LogP contribution in [0.3, 0.4) is 0 Å². The van der Waals surface area contributed by atoms with E-state index in [1.165, 1.54) is 5.56 Å². The maximum Gasteiger partial charge on any atom is 0.0698 e. The van der Waals surface area contributed by atoms with Gasteiger partial charge in [0, 0.05) is 0 Å². The minimum Gasteiger partial charge on any atom is -0.394 e. The van der Waals surface area contributed by atoms with E-state index < -0.39 is 0 Å². The van der Waals surface area contributed by atoms with E-state index in [-0.39, 0.29) is 13.2 Å². The van der Waals surface area contributed by atoms with Crippen LogP contribution in [0.2, 0.25) is 0 Å². The lowest BCUT2D eigenvalue weighted by molar-refractivity contribution is 0.0650. The quantitative estimate of drug-likeness (QED) is 0.722. The van der Waals surface area contributed by atoms with Gasteiger partial charge in [-0.2, -0.15) is 0 Å². The number of aliphatic hydroxyl groups excluding tert-OH is 2.